The molecule has 0 radical (unpaired) electrons. The highest BCUT2D eigenvalue weighted by Crippen LogP contribution is 2.20. The SMILES string of the molecule is CN1CCC(NC(=O)c2ccc(N)c(Cl)c2)C1=O. The van der Waals surface area contributed by atoms with Crippen LogP contribution in [0.4, 0.5) is 5.69 Å². The maximum absolute atomic E-state index is 11.9. The molecule has 96 valence electrons. The van der Waals surface area contributed by atoms with E-state index in [9.17, 15) is 9.59 Å². The molecule has 5 nitrogen and oxygen atoms in total. The number of likely N-dealkylation sites (N-methyl/N-ethyl adjacent to an activating group) is 1. The maximum atomic E-state index is 11.9. The number of nitrogens with zero attached hydrogens (tertiary/aromatic N) is 1. The summed E-state index contributed by atoms with van der Waals surface area (Å²) in [6, 6.07) is 4.20. The number of nitrogen functional groups attached to an aromatic ring is 1. The summed E-state index contributed by atoms with van der Waals surface area (Å²) in [5.74, 6) is -0.379. The molecule has 0 spiro atoms. The van der Waals surface area contributed by atoms with Gasteiger partial charge in [-0.1, -0.05) is 11.6 Å². The number of hydrogen-bond acceptors (Lipinski definition) is 3. The Morgan fingerprint density at radius 1 is 1.56 bits per heavy atom. The lowest BCUT2D eigenvalue weighted by molar-refractivity contribution is -0.128. The topological polar surface area (TPSA) is 75.4 Å². The Balaban J connectivity index is 2.08. The van der Waals surface area contributed by atoms with Crippen LogP contribution in [0.15, 0.2) is 18.2 Å². The van der Waals surface area contributed by atoms with E-state index >= 15 is 0 Å². The Labute approximate surface area is 110 Å². The van der Waals surface area contributed by atoms with Gasteiger partial charge in [-0.05, 0) is 24.6 Å². The second kappa shape index (κ2) is 4.86. The molecule has 0 aromatic heterocycles. The molecule has 1 heterocycles. The number of anilines is 1. The first-order valence-corrected chi connectivity index (χ1v) is 5.97. The van der Waals surface area contributed by atoms with Gasteiger partial charge in [0, 0.05) is 19.2 Å². The summed E-state index contributed by atoms with van der Waals surface area (Å²) in [6.45, 7) is 0.659. The van der Waals surface area contributed by atoms with Gasteiger partial charge >= 0.3 is 0 Å². The van der Waals surface area contributed by atoms with Crippen LogP contribution in [0.1, 0.15) is 16.8 Å². The lowest BCUT2D eigenvalue weighted by Gasteiger charge is -2.12. The Morgan fingerprint density at radius 3 is 2.83 bits per heavy atom. The minimum absolute atomic E-state index is 0.0649. The van der Waals surface area contributed by atoms with E-state index in [2.05, 4.69) is 5.32 Å². The van der Waals surface area contributed by atoms with Gasteiger partial charge in [0.2, 0.25) is 5.91 Å². The highest BCUT2D eigenvalue weighted by Gasteiger charge is 2.30. The number of likely N-dealkylation sites (tertiary alicyclic amines) is 1. The molecule has 1 aromatic rings. The third kappa shape index (κ3) is 2.41. The van der Waals surface area contributed by atoms with Gasteiger partial charge in [0.1, 0.15) is 6.04 Å². The summed E-state index contributed by atoms with van der Waals surface area (Å²) in [6.07, 6.45) is 0.629. The highest BCUT2D eigenvalue weighted by molar-refractivity contribution is 6.33. The zero-order valence-electron chi connectivity index (χ0n) is 9.94. The zero-order valence-corrected chi connectivity index (χ0v) is 10.7. The van der Waals surface area contributed by atoms with Crippen molar-refractivity contribution in [3.8, 4) is 0 Å². The normalized spacial score (nSPS) is 19.1. The van der Waals surface area contributed by atoms with Crippen LogP contribution >= 0.6 is 11.6 Å². The Kier molecular flexibility index (Phi) is 3.43. The number of carbonyl (C=O) groups is 2. The fourth-order valence-electron chi connectivity index (χ4n) is 1.87. The smallest absolute Gasteiger partial charge is 0.251 e. The van der Waals surface area contributed by atoms with Crippen LogP contribution in [0.5, 0.6) is 0 Å². The van der Waals surface area contributed by atoms with Crippen LogP contribution in [-0.2, 0) is 4.79 Å². The molecule has 1 atom stereocenters. The van der Waals surface area contributed by atoms with Gasteiger partial charge in [0.25, 0.3) is 5.91 Å². The van der Waals surface area contributed by atoms with E-state index in [1.54, 1.807) is 24.1 Å². The minimum atomic E-state index is -0.446. The van der Waals surface area contributed by atoms with E-state index in [0.29, 0.717) is 29.2 Å². The fourth-order valence-corrected chi connectivity index (χ4v) is 2.05. The lowest BCUT2D eigenvalue weighted by Crippen LogP contribution is -2.40. The van der Waals surface area contributed by atoms with Crippen LogP contribution in [0, 0.1) is 0 Å². The van der Waals surface area contributed by atoms with Gasteiger partial charge in [-0.15, -0.1) is 0 Å². The maximum Gasteiger partial charge on any atom is 0.251 e. The highest BCUT2D eigenvalue weighted by atomic mass is 35.5. The second-order valence-corrected chi connectivity index (χ2v) is 4.72. The molecule has 1 saturated heterocycles. The molecule has 0 bridgehead atoms. The first-order chi connectivity index (χ1) is 8.49. The van der Waals surface area contributed by atoms with Crippen molar-refractivity contribution >= 4 is 29.1 Å². The van der Waals surface area contributed by atoms with E-state index in [1.807, 2.05) is 0 Å². The number of carbonyl (C=O) groups excluding carboxylic acids is 2. The summed E-state index contributed by atoms with van der Waals surface area (Å²) in [7, 11) is 1.72. The number of amides is 2. The van der Waals surface area contributed by atoms with Gasteiger partial charge in [-0.25, -0.2) is 0 Å². The van der Waals surface area contributed by atoms with Crippen LogP contribution < -0.4 is 11.1 Å². The molecule has 0 saturated carbocycles. The van der Waals surface area contributed by atoms with Gasteiger partial charge in [-0.3, -0.25) is 9.59 Å². The molecule has 1 fully saturated rings. The van der Waals surface area contributed by atoms with Crippen molar-refractivity contribution in [1.82, 2.24) is 10.2 Å². The molecule has 2 rings (SSSR count). The van der Waals surface area contributed by atoms with E-state index in [1.165, 1.54) is 6.07 Å². The van der Waals surface area contributed by atoms with Gasteiger partial charge in [0.15, 0.2) is 0 Å². The summed E-state index contributed by atoms with van der Waals surface area (Å²) < 4.78 is 0. The molecule has 6 heteroatoms. The Morgan fingerprint density at radius 2 is 2.28 bits per heavy atom. The third-order valence-corrected chi connectivity index (χ3v) is 3.32. The van der Waals surface area contributed by atoms with Crippen LogP contribution in [0.25, 0.3) is 0 Å². The zero-order chi connectivity index (χ0) is 13.3. The monoisotopic (exact) mass is 267 g/mol. The number of benzene rings is 1. The quantitative estimate of drug-likeness (QED) is 0.781. The minimum Gasteiger partial charge on any atom is -0.398 e. The molecule has 0 aliphatic carbocycles. The number of halogens is 1. The third-order valence-electron chi connectivity index (χ3n) is 3.00. The number of rotatable bonds is 2. The van der Waals surface area contributed by atoms with E-state index in [-0.39, 0.29) is 11.8 Å². The molecule has 1 unspecified atom stereocenters. The van der Waals surface area contributed by atoms with Crippen molar-refractivity contribution in [2.75, 3.05) is 19.3 Å². The van der Waals surface area contributed by atoms with Gasteiger partial charge < -0.3 is 16.0 Å². The summed E-state index contributed by atoms with van der Waals surface area (Å²) in [5.41, 5.74) is 6.39. The molecule has 18 heavy (non-hydrogen) atoms. The summed E-state index contributed by atoms with van der Waals surface area (Å²) >= 11 is 5.85. The predicted octanol–water partition coefficient (Wildman–Crippen LogP) is 0.883. The van der Waals surface area contributed by atoms with E-state index in [0.717, 1.165) is 0 Å². The average molecular weight is 268 g/mol. The van der Waals surface area contributed by atoms with Crippen LogP contribution in [0.3, 0.4) is 0 Å². The number of nitrogens with one attached hydrogen (secondary N) is 1. The molecule has 1 aromatic carbocycles. The van der Waals surface area contributed by atoms with Crippen LogP contribution in [0.2, 0.25) is 5.02 Å². The van der Waals surface area contributed by atoms with Crippen molar-refractivity contribution in [3.63, 3.8) is 0 Å². The van der Waals surface area contributed by atoms with E-state index in [4.69, 9.17) is 17.3 Å². The number of hydrogen-bond donors (Lipinski definition) is 2. The summed E-state index contributed by atoms with van der Waals surface area (Å²) in [5, 5.41) is 3.02. The molecule has 2 amide bonds. The van der Waals surface area contributed by atoms with Crippen molar-refractivity contribution < 1.29 is 9.59 Å². The Bertz CT molecular complexity index is 504. The second-order valence-electron chi connectivity index (χ2n) is 4.31. The molecule has 3 N–H and O–H groups in total. The van der Waals surface area contributed by atoms with Crippen molar-refractivity contribution in [2.24, 2.45) is 0 Å². The molecule has 1 aliphatic heterocycles. The Hall–Kier alpha value is -1.75. The first kappa shape index (κ1) is 12.7. The first-order valence-electron chi connectivity index (χ1n) is 5.60. The molecular formula is C12H14ClN3O2. The van der Waals surface area contributed by atoms with Gasteiger partial charge in [-0.2, -0.15) is 0 Å². The van der Waals surface area contributed by atoms with Crippen molar-refractivity contribution in [1.29, 1.82) is 0 Å². The lowest BCUT2D eigenvalue weighted by atomic mass is 10.1. The summed E-state index contributed by atoms with van der Waals surface area (Å²) in [4.78, 5) is 25.2. The van der Waals surface area contributed by atoms with Crippen molar-refractivity contribution in [2.45, 2.75) is 12.5 Å². The fraction of sp³-hybridized carbons (Fsp3) is 0.333. The van der Waals surface area contributed by atoms with Gasteiger partial charge in [0.05, 0.1) is 10.7 Å². The predicted molar refractivity (Wildman–Crippen MR) is 69.4 cm³/mol. The molecule has 1 aliphatic rings. The van der Waals surface area contributed by atoms with Crippen molar-refractivity contribution in [3.05, 3.63) is 28.8 Å². The standard InChI is InChI=1S/C12H14ClN3O2/c1-16-5-4-10(12(16)18)15-11(17)7-2-3-9(14)8(13)6-7/h2-3,6,10H,4-5,14H2,1H3,(H,15,17). The van der Waals surface area contributed by atoms with Crippen LogP contribution in [-0.4, -0.2) is 36.3 Å². The number of nitrogens with two attached hydrogens (primary N) is 1. The molecular weight excluding hydrogens is 254 g/mol. The average Bonchev–Trinajstić information content (AvgIpc) is 2.64. The largest absolute Gasteiger partial charge is 0.398 e. The van der Waals surface area contributed by atoms with E-state index < -0.39 is 6.04 Å².